The molecule has 0 fully saturated rings. The molecule has 5 heteroatoms. The van der Waals surface area contributed by atoms with Gasteiger partial charge in [-0.2, -0.15) is 5.10 Å². The fourth-order valence-electron chi connectivity index (χ4n) is 1.92. The Balaban J connectivity index is 1.94. The van der Waals surface area contributed by atoms with E-state index in [1.54, 1.807) is 11.7 Å². The largest absolute Gasteiger partial charge is 0.481 e. The summed E-state index contributed by atoms with van der Waals surface area (Å²) < 4.78 is 1.67. The number of nitrogens with zero attached hydrogens (tertiary/aromatic N) is 3. The summed E-state index contributed by atoms with van der Waals surface area (Å²) in [5, 5.41) is 13.0. The van der Waals surface area contributed by atoms with Crippen LogP contribution in [-0.4, -0.2) is 25.8 Å². The minimum Gasteiger partial charge on any atom is -0.481 e. The minimum absolute atomic E-state index is 0.0880. The second kappa shape index (κ2) is 6.13. The van der Waals surface area contributed by atoms with Crippen molar-refractivity contribution in [1.29, 1.82) is 0 Å². The summed E-state index contributed by atoms with van der Waals surface area (Å²) in [5.74, 6) is 0.686. The van der Waals surface area contributed by atoms with Crippen LogP contribution < -0.4 is 0 Å². The lowest BCUT2D eigenvalue weighted by Crippen LogP contribution is -2.03. The average molecular weight is 259 g/mol. The van der Waals surface area contributed by atoms with E-state index in [-0.39, 0.29) is 6.42 Å². The summed E-state index contributed by atoms with van der Waals surface area (Å²) in [7, 11) is 1.80. The van der Waals surface area contributed by atoms with Gasteiger partial charge in [-0.1, -0.05) is 30.3 Å². The first-order valence-corrected chi connectivity index (χ1v) is 6.29. The lowest BCUT2D eigenvalue weighted by atomic mass is 10.1. The smallest absolute Gasteiger partial charge is 0.303 e. The van der Waals surface area contributed by atoms with Crippen LogP contribution in [0.1, 0.15) is 23.6 Å². The monoisotopic (exact) mass is 259 g/mol. The van der Waals surface area contributed by atoms with E-state index in [1.807, 2.05) is 18.2 Å². The molecule has 0 aliphatic heterocycles. The Morgan fingerprint density at radius 2 is 1.95 bits per heavy atom. The summed E-state index contributed by atoms with van der Waals surface area (Å²) in [6.07, 6.45) is 2.17. The van der Waals surface area contributed by atoms with E-state index in [4.69, 9.17) is 5.11 Å². The third-order valence-electron chi connectivity index (χ3n) is 2.94. The number of aryl methyl sites for hydroxylation is 4. The molecule has 100 valence electrons. The van der Waals surface area contributed by atoms with E-state index in [0.717, 1.165) is 24.5 Å². The maximum Gasteiger partial charge on any atom is 0.303 e. The molecule has 1 aromatic heterocycles. The van der Waals surface area contributed by atoms with Crippen molar-refractivity contribution in [3.63, 3.8) is 0 Å². The van der Waals surface area contributed by atoms with Gasteiger partial charge in [-0.15, -0.1) is 0 Å². The third-order valence-corrected chi connectivity index (χ3v) is 2.94. The SMILES string of the molecule is Cn1nc(CCc2ccccc2)nc1CCC(=O)O. The van der Waals surface area contributed by atoms with Crippen LogP contribution in [-0.2, 0) is 31.1 Å². The Morgan fingerprint density at radius 1 is 1.21 bits per heavy atom. The van der Waals surface area contributed by atoms with Gasteiger partial charge in [0, 0.05) is 19.9 Å². The Morgan fingerprint density at radius 3 is 2.63 bits per heavy atom. The molecule has 2 aromatic rings. The molecule has 0 bridgehead atoms. The van der Waals surface area contributed by atoms with Crippen LogP contribution in [0.4, 0.5) is 0 Å². The maximum atomic E-state index is 10.5. The highest BCUT2D eigenvalue weighted by Gasteiger charge is 2.09. The van der Waals surface area contributed by atoms with Gasteiger partial charge in [0.05, 0.1) is 6.42 Å². The first kappa shape index (κ1) is 13.3. The Hall–Kier alpha value is -2.17. The molecule has 0 unspecified atom stereocenters. The highest BCUT2D eigenvalue weighted by Crippen LogP contribution is 2.06. The second-order valence-electron chi connectivity index (χ2n) is 4.45. The van der Waals surface area contributed by atoms with E-state index >= 15 is 0 Å². The number of carboxylic acid groups (broad SMARTS) is 1. The number of hydrogen-bond acceptors (Lipinski definition) is 3. The van der Waals surface area contributed by atoms with Gasteiger partial charge in [0.25, 0.3) is 0 Å². The number of aliphatic carboxylic acids is 1. The zero-order valence-corrected chi connectivity index (χ0v) is 10.9. The van der Waals surface area contributed by atoms with Crippen LogP contribution in [0.5, 0.6) is 0 Å². The van der Waals surface area contributed by atoms with Crippen LogP contribution in [0.25, 0.3) is 0 Å². The molecular weight excluding hydrogens is 242 g/mol. The second-order valence-corrected chi connectivity index (χ2v) is 4.45. The highest BCUT2D eigenvalue weighted by atomic mass is 16.4. The van der Waals surface area contributed by atoms with Crippen molar-refractivity contribution in [2.75, 3.05) is 0 Å². The molecule has 1 N–H and O–H groups in total. The predicted molar refractivity (Wildman–Crippen MR) is 70.8 cm³/mol. The lowest BCUT2D eigenvalue weighted by molar-refractivity contribution is -0.137. The maximum absolute atomic E-state index is 10.5. The van der Waals surface area contributed by atoms with Gasteiger partial charge in [0.1, 0.15) is 5.82 Å². The van der Waals surface area contributed by atoms with Crippen LogP contribution in [0.15, 0.2) is 30.3 Å². The summed E-state index contributed by atoms with van der Waals surface area (Å²) >= 11 is 0. The van der Waals surface area contributed by atoms with Crippen LogP contribution >= 0.6 is 0 Å². The van der Waals surface area contributed by atoms with Gasteiger partial charge in [-0.25, -0.2) is 4.98 Å². The van der Waals surface area contributed by atoms with Crippen LogP contribution in [0.2, 0.25) is 0 Å². The van der Waals surface area contributed by atoms with Crippen LogP contribution in [0, 0.1) is 0 Å². The summed E-state index contributed by atoms with van der Waals surface area (Å²) in [6, 6.07) is 10.2. The van der Waals surface area contributed by atoms with Gasteiger partial charge >= 0.3 is 5.97 Å². The topological polar surface area (TPSA) is 68.0 Å². The summed E-state index contributed by atoms with van der Waals surface area (Å²) in [6.45, 7) is 0. The summed E-state index contributed by atoms with van der Waals surface area (Å²) in [5.41, 5.74) is 1.25. The fourth-order valence-corrected chi connectivity index (χ4v) is 1.92. The number of carboxylic acids is 1. The number of rotatable bonds is 6. The number of carbonyl (C=O) groups is 1. The normalized spacial score (nSPS) is 10.6. The van der Waals surface area contributed by atoms with E-state index in [0.29, 0.717) is 6.42 Å². The molecule has 0 saturated carbocycles. The average Bonchev–Trinajstić information content (AvgIpc) is 2.76. The fraction of sp³-hybridized carbons (Fsp3) is 0.357. The molecule has 0 saturated heterocycles. The zero-order valence-electron chi connectivity index (χ0n) is 10.9. The van der Waals surface area contributed by atoms with Gasteiger partial charge in [-0.3, -0.25) is 9.48 Å². The van der Waals surface area contributed by atoms with Crippen molar-refractivity contribution in [3.05, 3.63) is 47.5 Å². The molecule has 19 heavy (non-hydrogen) atoms. The number of aromatic nitrogens is 3. The number of hydrogen-bond donors (Lipinski definition) is 1. The van der Waals surface area contributed by atoms with E-state index in [1.165, 1.54) is 5.56 Å². The van der Waals surface area contributed by atoms with Gasteiger partial charge in [-0.05, 0) is 12.0 Å². The van der Waals surface area contributed by atoms with E-state index in [9.17, 15) is 4.79 Å². The van der Waals surface area contributed by atoms with Crippen molar-refractivity contribution in [2.45, 2.75) is 25.7 Å². The molecule has 1 aromatic carbocycles. The van der Waals surface area contributed by atoms with Crippen molar-refractivity contribution in [3.8, 4) is 0 Å². The lowest BCUT2D eigenvalue weighted by Gasteiger charge is -1.96. The standard InChI is InChI=1S/C14H17N3O2/c1-17-13(9-10-14(18)19)15-12(16-17)8-7-11-5-3-2-4-6-11/h2-6H,7-10H2,1H3,(H,18,19). The molecular formula is C14H17N3O2. The molecule has 0 aliphatic carbocycles. The first-order chi connectivity index (χ1) is 9.15. The van der Waals surface area contributed by atoms with Crippen molar-refractivity contribution in [1.82, 2.24) is 14.8 Å². The molecule has 0 atom stereocenters. The quantitative estimate of drug-likeness (QED) is 0.856. The van der Waals surface area contributed by atoms with E-state index in [2.05, 4.69) is 22.2 Å². The van der Waals surface area contributed by atoms with Gasteiger partial charge in [0.2, 0.25) is 0 Å². The van der Waals surface area contributed by atoms with Crippen molar-refractivity contribution >= 4 is 5.97 Å². The molecule has 5 nitrogen and oxygen atoms in total. The Labute approximate surface area is 111 Å². The van der Waals surface area contributed by atoms with E-state index < -0.39 is 5.97 Å². The Bertz CT molecular complexity index is 549. The summed E-state index contributed by atoms with van der Waals surface area (Å²) in [4.78, 5) is 14.9. The predicted octanol–water partition coefficient (Wildman–Crippen LogP) is 1.62. The zero-order chi connectivity index (χ0) is 13.7. The minimum atomic E-state index is -0.811. The van der Waals surface area contributed by atoms with Gasteiger partial charge in [0.15, 0.2) is 5.82 Å². The number of benzene rings is 1. The van der Waals surface area contributed by atoms with Gasteiger partial charge < -0.3 is 5.11 Å². The molecule has 0 amide bonds. The Kier molecular flexibility index (Phi) is 4.28. The highest BCUT2D eigenvalue weighted by molar-refractivity contribution is 5.66. The molecule has 2 rings (SSSR count). The van der Waals surface area contributed by atoms with Crippen molar-refractivity contribution in [2.24, 2.45) is 7.05 Å². The molecule has 0 spiro atoms. The molecule has 1 heterocycles. The van der Waals surface area contributed by atoms with Crippen molar-refractivity contribution < 1.29 is 9.90 Å². The third kappa shape index (κ3) is 3.91. The molecule has 0 aliphatic rings. The van der Waals surface area contributed by atoms with Crippen LogP contribution in [0.3, 0.4) is 0 Å². The molecule has 0 radical (unpaired) electrons. The first-order valence-electron chi connectivity index (χ1n) is 6.29.